The predicted octanol–water partition coefficient (Wildman–Crippen LogP) is 0.511. The lowest BCUT2D eigenvalue weighted by Crippen LogP contribution is -2.42. The monoisotopic (exact) mass is 292 g/mol. The lowest BCUT2D eigenvalue weighted by molar-refractivity contribution is -0.139. The highest BCUT2D eigenvalue weighted by Crippen LogP contribution is 2.25. The molecule has 0 spiro atoms. The molecular weight excluding hydrogens is 280 g/mol. The average Bonchev–Trinajstić information content (AvgIpc) is 2.96. The second-order valence-electron chi connectivity index (χ2n) is 4.27. The maximum Gasteiger partial charge on any atom is 0.326 e. The van der Waals surface area contributed by atoms with Gasteiger partial charge in [-0.2, -0.15) is 0 Å². The number of nitrogens with one attached hydrogen (secondary N) is 1. The lowest BCUT2D eigenvalue weighted by Gasteiger charge is -2.13. The lowest BCUT2D eigenvalue weighted by atomic mass is 10.1. The molecule has 2 rings (SSSR count). The molecule has 1 heterocycles. The zero-order valence-corrected chi connectivity index (χ0v) is 10.7. The van der Waals surface area contributed by atoms with Crippen LogP contribution in [0.3, 0.4) is 0 Å². The summed E-state index contributed by atoms with van der Waals surface area (Å²) in [4.78, 5) is 22.9. The summed E-state index contributed by atoms with van der Waals surface area (Å²) >= 11 is 0. The fraction of sp³-hybridized carbons (Fsp3) is 0.154. The van der Waals surface area contributed by atoms with Crippen molar-refractivity contribution in [1.29, 1.82) is 0 Å². The SMILES string of the molecule is O=C(NC(Cc1ccc(O)c(O)c1)C(=O)O)c1ccno1. The minimum atomic E-state index is -1.24. The van der Waals surface area contributed by atoms with Crippen LogP contribution in [0.2, 0.25) is 0 Å². The summed E-state index contributed by atoms with van der Waals surface area (Å²) in [6.45, 7) is 0. The molecule has 1 aromatic carbocycles. The summed E-state index contributed by atoms with van der Waals surface area (Å²) in [5.74, 6) is -2.72. The fourth-order valence-corrected chi connectivity index (χ4v) is 1.69. The van der Waals surface area contributed by atoms with E-state index in [2.05, 4.69) is 15.0 Å². The molecule has 0 radical (unpaired) electrons. The predicted molar refractivity (Wildman–Crippen MR) is 68.9 cm³/mol. The number of rotatable bonds is 5. The van der Waals surface area contributed by atoms with Gasteiger partial charge in [0.15, 0.2) is 11.5 Å². The highest BCUT2D eigenvalue weighted by Gasteiger charge is 2.23. The standard InChI is InChI=1S/C13H12N2O6/c16-9-2-1-7(6-10(9)17)5-8(13(19)20)15-12(18)11-3-4-14-21-11/h1-4,6,8,16-17H,5H2,(H,15,18)(H,19,20). The van der Waals surface area contributed by atoms with Crippen LogP contribution < -0.4 is 5.32 Å². The first kappa shape index (κ1) is 14.4. The molecule has 0 fully saturated rings. The Hall–Kier alpha value is -3.03. The van der Waals surface area contributed by atoms with E-state index >= 15 is 0 Å². The smallest absolute Gasteiger partial charge is 0.326 e. The molecule has 8 heteroatoms. The van der Waals surface area contributed by atoms with Crippen molar-refractivity contribution in [3.63, 3.8) is 0 Å². The summed E-state index contributed by atoms with van der Waals surface area (Å²) in [6.07, 6.45) is 1.20. The van der Waals surface area contributed by atoms with Gasteiger partial charge in [-0.3, -0.25) is 4.79 Å². The third-order valence-corrected chi connectivity index (χ3v) is 2.74. The Labute approximate surface area is 118 Å². The molecule has 0 bridgehead atoms. The van der Waals surface area contributed by atoms with Gasteiger partial charge in [-0.1, -0.05) is 11.2 Å². The molecule has 0 aliphatic heterocycles. The van der Waals surface area contributed by atoms with Gasteiger partial charge in [0, 0.05) is 12.5 Å². The quantitative estimate of drug-likeness (QED) is 0.590. The first-order valence-electron chi connectivity index (χ1n) is 5.92. The Morgan fingerprint density at radius 1 is 1.24 bits per heavy atom. The van der Waals surface area contributed by atoms with Gasteiger partial charge in [-0.25, -0.2) is 4.79 Å². The first-order chi connectivity index (χ1) is 9.97. The molecule has 4 N–H and O–H groups in total. The summed E-state index contributed by atoms with van der Waals surface area (Å²) in [7, 11) is 0. The molecule has 0 saturated carbocycles. The molecule has 1 unspecified atom stereocenters. The number of phenolic OH excluding ortho intramolecular Hbond substituents is 2. The minimum Gasteiger partial charge on any atom is -0.504 e. The van der Waals surface area contributed by atoms with Crippen molar-refractivity contribution in [3.05, 3.63) is 41.8 Å². The van der Waals surface area contributed by atoms with Gasteiger partial charge >= 0.3 is 5.97 Å². The van der Waals surface area contributed by atoms with E-state index < -0.39 is 17.9 Å². The molecule has 1 atom stereocenters. The number of aromatic nitrogens is 1. The Kier molecular flexibility index (Phi) is 4.07. The molecule has 8 nitrogen and oxygen atoms in total. The number of hydrogen-bond donors (Lipinski definition) is 4. The van der Waals surface area contributed by atoms with Gasteiger partial charge < -0.3 is 25.2 Å². The highest BCUT2D eigenvalue weighted by molar-refractivity contribution is 5.94. The van der Waals surface area contributed by atoms with Gasteiger partial charge in [-0.05, 0) is 17.7 Å². The number of phenols is 2. The third-order valence-electron chi connectivity index (χ3n) is 2.74. The van der Waals surface area contributed by atoms with Crippen LogP contribution in [0.25, 0.3) is 0 Å². The van der Waals surface area contributed by atoms with E-state index in [9.17, 15) is 19.8 Å². The average molecular weight is 292 g/mol. The van der Waals surface area contributed by atoms with Crippen LogP contribution in [-0.2, 0) is 11.2 Å². The van der Waals surface area contributed by atoms with Crippen molar-refractivity contribution in [1.82, 2.24) is 10.5 Å². The van der Waals surface area contributed by atoms with Gasteiger partial charge in [0.2, 0.25) is 5.76 Å². The number of hydrogen-bond acceptors (Lipinski definition) is 6. The maximum atomic E-state index is 11.7. The second-order valence-corrected chi connectivity index (χ2v) is 4.27. The Morgan fingerprint density at radius 2 is 2.00 bits per heavy atom. The normalized spacial score (nSPS) is 11.8. The molecule has 21 heavy (non-hydrogen) atoms. The van der Waals surface area contributed by atoms with E-state index in [0.29, 0.717) is 5.56 Å². The van der Waals surface area contributed by atoms with Gasteiger partial charge in [0.05, 0.1) is 6.20 Å². The number of carbonyl (C=O) groups excluding carboxylic acids is 1. The number of carboxylic acids is 1. The van der Waals surface area contributed by atoms with Crippen molar-refractivity contribution >= 4 is 11.9 Å². The number of aromatic hydroxyl groups is 2. The van der Waals surface area contributed by atoms with Crippen molar-refractivity contribution in [2.75, 3.05) is 0 Å². The largest absolute Gasteiger partial charge is 0.504 e. The van der Waals surface area contributed by atoms with Crippen LogP contribution in [0.5, 0.6) is 11.5 Å². The Bertz CT molecular complexity index is 653. The number of aliphatic carboxylic acids is 1. The second kappa shape index (κ2) is 5.95. The van der Waals surface area contributed by atoms with Crippen LogP contribution in [0.4, 0.5) is 0 Å². The van der Waals surface area contributed by atoms with Crippen LogP contribution in [0, 0.1) is 0 Å². The molecular formula is C13H12N2O6. The number of nitrogens with zero attached hydrogens (tertiary/aromatic N) is 1. The Balaban J connectivity index is 2.10. The number of amides is 1. The summed E-state index contributed by atoms with van der Waals surface area (Å²) in [6, 6.07) is 4.01. The topological polar surface area (TPSA) is 133 Å². The van der Waals surface area contributed by atoms with E-state index in [4.69, 9.17) is 5.11 Å². The number of carboxylic acid groups (broad SMARTS) is 1. The molecule has 2 aromatic rings. The van der Waals surface area contributed by atoms with E-state index in [1.807, 2.05) is 0 Å². The number of benzene rings is 1. The van der Waals surface area contributed by atoms with Crippen LogP contribution >= 0.6 is 0 Å². The fourth-order valence-electron chi connectivity index (χ4n) is 1.69. The molecule has 1 amide bonds. The van der Waals surface area contributed by atoms with Crippen LogP contribution in [-0.4, -0.2) is 38.4 Å². The molecule has 0 aliphatic carbocycles. The molecule has 0 saturated heterocycles. The van der Waals surface area contributed by atoms with Gasteiger partial charge in [0.25, 0.3) is 5.91 Å². The maximum absolute atomic E-state index is 11.7. The minimum absolute atomic E-state index is 0.0664. The van der Waals surface area contributed by atoms with Crippen molar-refractivity contribution < 1.29 is 29.4 Å². The number of carbonyl (C=O) groups is 2. The van der Waals surface area contributed by atoms with Crippen molar-refractivity contribution in [2.45, 2.75) is 12.5 Å². The van der Waals surface area contributed by atoms with Crippen LogP contribution in [0.15, 0.2) is 35.0 Å². The third kappa shape index (κ3) is 3.50. The zero-order valence-electron chi connectivity index (χ0n) is 10.7. The van der Waals surface area contributed by atoms with Crippen molar-refractivity contribution in [2.24, 2.45) is 0 Å². The van der Waals surface area contributed by atoms with Gasteiger partial charge in [0.1, 0.15) is 6.04 Å². The van der Waals surface area contributed by atoms with Gasteiger partial charge in [-0.15, -0.1) is 0 Å². The zero-order chi connectivity index (χ0) is 15.4. The summed E-state index contributed by atoms with van der Waals surface area (Å²) in [5, 5.41) is 33.4. The van der Waals surface area contributed by atoms with E-state index in [1.54, 1.807) is 0 Å². The van der Waals surface area contributed by atoms with Crippen molar-refractivity contribution in [3.8, 4) is 11.5 Å². The Morgan fingerprint density at radius 3 is 2.57 bits per heavy atom. The molecule has 0 aliphatic rings. The first-order valence-corrected chi connectivity index (χ1v) is 5.92. The van der Waals surface area contributed by atoms with Crippen LogP contribution in [0.1, 0.15) is 16.1 Å². The summed E-state index contributed by atoms with van der Waals surface area (Å²) < 4.78 is 4.63. The molecule has 110 valence electrons. The van der Waals surface area contributed by atoms with E-state index in [0.717, 1.165) is 0 Å². The molecule has 1 aromatic heterocycles. The highest BCUT2D eigenvalue weighted by atomic mass is 16.5. The summed E-state index contributed by atoms with van der Waals surface area (Å²) in [5.41, 5.74) is 0.440. The van der Waals surface area contributed by atoms with E-state index in [-0.39, 0.29) is 23.7 Å². The van der Waals surface area contributed by atoms with E-state index in [1.165, 1.54) is 30.5 Å².